The summed E-state index contributed by atoms with van der Waals surface area (Å²) in [5.41, 5.74) is 5.61. The second-order valence-electron chi connectivity index (χ2n) is 5.09. The molecule has 0 radical (unpaired) electrons. The Kier molecular flexibility index (Phi) is 4.74. The highest BCUT2D eigenvalue weighted by atomic mass is 16.5. The number of hydrogen-bond acceptors (Lipinski definition) is 3. The molecule has 0 amide bonds. The summed E-state index contributed by atoms with van der Waals surface area (Å²) in [6.07, 6.45) is 0. The molecule has 0 aliphatic heterocycles. The average molecular weight is 270 g/mol. The van der Waals surface area contributed by atoms with Crippen molar-refractivity contribution in [2.75, 3.05) is 7.05 Å². The van der Waals surface area contributed by atoms with Crippen LogP contribution in [0.5, 0.6) is 5.75 Å². The van der Waals surface area contributed by atoms with E-state index in [0.29, 0.717) is 6.61 Å². The molecule has 3 heteroatoms. The second-order valence-corrected chi connectivity index (χ2v) is 5.09. The predicted octanol–water partition coefficient (Wildman–Crippen LogP) is 3.31. The van der Waals surface area contributed by atoms with Crippen molar-refractivity contribution in [3.63, 3.8) is 0 Å². The second kappa shape index (κ2) is 6.53. The Morgan fingerprint density at radius 1 is 1.00 bits per heavy atom. The molecule has 106 valence electrons. The van der Waals surface area contributed by atoms with Gasteiger partial charge in [-0.2, -0.15) is 0 Å². The molecule has 0 spiro atoms. The third kappa shape index (κ3) is 3.36. The molecule has 1 aromatic heterocycles. The molecule has 20 heavy (non-hydrogen) atoms. The Bertz CT molecular complexity index is 594. The van der Waals surface area contributed by atoms with E-state index in [1.54, 1.807) is 0 Å². The number of rotatable bonds is 5. The van der Waals surface area contributed by atoms with Gasteiger partial charge in [-0.15, -0.1) is 0 Å². The van der Waals surface area contributed by atoms with E-state index in [1.165, 1.54) is 16.7 Å². The highest BCUT2D eigenvalue weighted by Gasteiger charge is 2.07. The Labute approximate surface area is 121 Å². The van der Waals surface area contributed by atoms with Crippen LogP contribution in [0.2, 0.25) is 0 Å². The Morgan fingerprint density at radius 3 is 2.45 bits per heavy atom. The highest BCUT2D eigenvalue weighted by Crippen LogP contribution is 2.26. The molecule has 0 aliphatic rings. The molecule has 2 aromatic rings. The van der Waals surface area contributed by atoms with Gasteiger partial charge in [0, 0.05) is 6.54 Å². The number of nitrogens with one attached hydrogen (secondary N) is 1. The summed E-state index contributed by atoms with van der Waals surface area (Å²) in [7, 11) is 1.92. The average Bonchev–Trinajstić information content (AvgIpc) is 2.44. The predicted molar refractivity (Wildman–Crippen MR) is 82.0 cm³/mol. The highest BCUT2D eigenvalue weighted by molar-refractivity contribution is 5.44. The maximum Gasteiger partial charge on any atom is 0.130 e. The van der Waals surface area contributed by atoms with Crippen LogP contribution < -0.4 is 10.1 Å². The van der Waals surface area contributed by atoms with Crippen molar-refractivity contribution in [3.05, 3.63) is 58.4 Å². The van der Waals surface area contributed by atoms with Crippen LogP contribution in [0.25, 0.3) is 0 Å². The summed E-state index contributed by atoms with van der Waals surface area (Å²) in [6.45, 7) is 7.56. The quantitative estimate of drug-likeness (QED) is 0.905. The van der Waals surface area contributed by atoms with Crippen molar-refractivity contribution in [1.29, 1.82) is 0 Å². The van der Waals surface area contributed by atoms with Crippen LogP contribution in [0.3, 0.4) is 0 Å². The molecular formula is C17H22N2O. The number of ether oxygens (including phenoxy) is 1. The van der Waals surface area contributed by atoms with E-state index < -0.39 is 0 Å². The summed E-state index contributed by atoms with van der Waals surface area (Å²) < 4.78 is 5.98. The molecule has 1 heterocycles. The smallest absolute Gasteiger partial charge is 0.130 e. The maximum atomic E-state index is 5.98. The monoisotopic (exact) mass is 270 g/mol. The molecule has 0 bridgehead atoms. The van der Waals surface area contributed by atoms with E-state index in [2.05, 4.69) is 43.2 Å². The summed E-state index contributed by atoms with van der Waals surface area (Å²) in [5, 5.41) is 3.11. The molecule has 2 rings (SSSR count). The van der Waals surface area contributed by atoms with E-state index in [9.17, 15) is 0 Å². The molecule has 0 aliphatic carbocycles. The van der Waals surface area contributed by atoms with Gasteiger partial charge in [-0.25, -0.2) is 0 Å². The summed E-state index contributed by atoms with van der Waals surface area (Å²) in [5.74, 6) is 0.978. The SMILES string of the molecule is CNCc1cccc(COc2c(C)ccc(C)c2C)n1. The fourth-order valence-electron chi connectivity index (χ4n) is 2.18. The molecule has 1 N–H and O–H groups in total. The van der Waals surface area contributed by atoms with Crippen molar-refractivity contribution in [3.8, 4) is 5.75 Å². The number of pyridine rings is 1. The number of aromatic nitrogens is 1. The maximum absolute atomic E-state index is 5.98. The van der Waals surface area contributed by atoms with Gasteiger partial charge in [0.1, 0.15) is 12.4 Å². The van der Waals surface area contributed by atoms with Crippen molar-refractivity contribution >= 4 is 0 Å². The molecule has 0 fully saturated rings. The minimum Gasteiger partial charge on any atom is -0.487 e. The van der Waals surface area contributed by atoms with Gasteiger partial charge in [-0.05, 0) is 56.6 Å². The first-order valence-electron chi connectivity index (χ1n) is 6.91. The lowest BCUT2D eigenvalue weighted by Crippen LogP contribution is -2.09. The summed E-state index contributed by atoms with van der Waals surface area (Å²) >= 11 is 0. The Hall–Kier alpha value is -1.87. The lowest BCUT2D eigenvalue weighted by molar-refractivity contribution is 0.296. The van der Waals surface area contributed by atoms with Gasteiger partial charge in [0.05, 0.1) is 11.4 Å². The number of nitrogens with zero attached hydrogens (tertiary/aromatic N) is 1. The van der Waals surface area contributed by atoms with Crippen molar-refractivity contribution < 1.29 is 4.74 Å². The molecule has 0 saturated heterocycles. The van der Waals surface area contributed by atoms with Crippen molar-refractivity contribution in [1.82, 2.24) is 10.3 Å². The molecule has 1 aromatic carbocycles. The third-order valence-corrected chi connectivity index (χ3v) is 3.46. The van der Waals surface area contributed by atoms with E-state index >= 15 is 0 Å². The van der Waals surface area contributed by atoms with E-state index in [4.69, 9.17) is 4.74 Å². The zero-order valence-corrected chi connectivity index (χ0v) is 12.7. The van der Waals surface area contributed by atoms with Gasteiger partial charge in [0.25, 0.3) is 0 Å². The fraction of sp³-hybridized carbons (Fsp3) is 0.353. The van der Waals surface area contributed by atoms with Crippen molar-refractivity contribution in [2.45, 2.75) is 33.9 Å². The fourth-order valence-corrected chi connectivity index (χ4v) is 2.18. The van der Waals surface area contributed by atoms with E-state index in [0.717, 1.165) is 23.7 Å². The summed E-state index contributed by atoms with van der Waals surface area (Å²) in [6, 6.07) is 10.3. The molecular weight excluding hydrogens is 248 g/mol. The molecule has 3 nitrogen and oxygen atoms in total. The zero-order valence-electron chi connectivity index (χ0n) is 12.7. The Balaban J connectivity index is 2.13. The minimum atomic E-state index is 0.503. The van der Waals surface area contributed by atoms with Gasteiger partial charge in [0.15, 0.2) is 0 Å². The van der Waals surface area contributed by atoms with Gasteiger partial charge < -0.3 is 10.1 Å². The van der Waals surface area contributed by atoms with Crippen LogP contribution in [-0.2, 0) is 13.2 Å². The van der Waals surface area contributed by atoms with Gasteiger partial charge in [-0.1, -0.05) is 18.2 Å². The zero-order chi connectivity index (χ0) is 14.5. The van der Waals surface area contributed by atoms with Gasteiger partial charge in [0.2, 0.25) is 0 Å². The lowest BCUT2D eigenvalue weighted by Gasteiger charge is -2.14. The number of hydrogen-bond donors (Lipinski definition) is 1. The van der Waals surface area contributed by atoms with Crippen LogP contribution >= 0.6 is 0 Å². The van der Waals surface area contributed by atoms with Crippen LogP contribution in [0.15, 0.2) is 30.3 Å². The minimum absolute atomic E-state index is 0.503. The standard InChI is InChI=1S/C17H22N2O/c1-12-8-9-13(2)17(14(12)3)20-11-16-7-5-6-15(19-16)10-18-4/h5-9,18H,10-11H2,1-4H3. The topological polar surface area (TPSA) is 34.1 Å². The van der Waals surface area contributed by atoms with Crippen molar-refractivity contribution in [2.24, 2.45) is 0 Å². The lowest BCUT2D eigenvalue weighted by atomic mass is 10.1. The van der Waals surface area contributed by atoms with Crippen LogP contribution in [-0.4, -0.2) is 12.0 Å². The van der Waals surface area contributed by atoms with Gasteiger partial charge in [-0.3, -0.25) is 4.98 Å². The molecule has 0 atom stereocenters. The van der Waals surface area contributed by atoms with E-state index in [1.807, 2.05) is 25.2 Å². The molecule has 0 saturated carbocycles. The van der Waals surface area contributed by atoms with Crippen LogP contribution in [0.4, 0.5) is 0 Å². The first kappa shape index (κ1) is 14.5. The number of benzene rings is 1. The first-order chi connectivity index (χ1) is 9.61. The summed E-state index contributed by atoms with van der Waals surface area (Å²) in [4.78, 5) is 4.57. The molecule has 0 unspecified atom stereocenters. The van der Waals surface area contributed by atoms with Crippen LogP contribution in [0, 0.1) is 20.8 Å². The Morgan fingerprint density at radius 2 is 1.70 bits per heavy atom. The number of aryl methyl sites for hydroxylation is 2. The van der Waals surface area contributed by atoms with Crippen LogP contribution in [0.1, 0.15) is 28.1 Å². The van der Waals surface area contributed by atoms with E-state index in [-0.39, 0.29) is 0 Å². The largest absolute Gasteiger partial charge is 0.487 e. The first-order valence-corrected chi connectivity index (χ1v) is 6.91. The third-order valence-electron chi connectivity index (χ3n) is 3.46. The normalized spacial score (nSPS) is 10.6. The van der Waals surface area contributed by atoms with Gasteiger partial charge >= 0.3 is 0 Å².